The van der Waals surface area contributed by atoms with Gasteiger partial charge >= 0.3 is 5.97 Å². The van der Waals surface area contributed by atoms with E-state index in [1.165, 1.54) is 7.11 Å². The molecule has 0 aliphatic carbocycles. The van der Waals surface area contributed by atoms with Gasteiger partial charge in [-0.25, -0.2) is 0 Å². The summed E-state index contributed by atoms with van der Waals surface area (Å²) < 4.78 is 16.4. The summed E-state index contributed by atoms with van der Waals surface area (Å²) in [7, 11) is 1.36. The molecule has 4 heterocycles. The zero-order valence-electron chi connectivity index (χ0n) is 12.0. The number of hydrogen-bond donors (Lipinski definition) is 0. The fourth-order valence-corrected chi connectivity index (χ4v) is 4.17. The van der Waals surface area contributed by atoms with Gasteiger partial charge < -0.3 is 19.1 Å². The van der Waals surface area contributed by atoms with E-state index in [0.29, 0.717) is 13.1 Å². The molecule has 0 N–H and O–H groups in total. The number of rotatable bonds is 3. The summed E-state index contributed by atoms with van der Waals surface area (Å²) in [6, 6.07) is 0. The number of nitrogens with zero attached hydrogens (tertiary/aromatic N) is 1. The molecule has 0 aromatic carbocycles. The number of carbonyl (C=O) groups is 2. The fraction of sp³-hybridized carbons (Fsp3) is 0.733. The van der Waals surface area contributed by atoms with Crippen molar-refractivity contribution in [3.63, 3.8) is 0 Å². The minimum atomic E-state index is -0.640. The van der Waals surface area contributed by atoms with Crippen LogP contribution in [-0.4, -0.2) is 61.4 Å². The second kappa shape index (κ2) is 4.55. The number of amides is 1. The molecule has 6 heteroatoms. The number of ether oxygens (including phenoxy) is 3. The van der Waals surface area contributed by atoms with Crippen LogP contribution in [0.2, 0.25) is 0 Å². The molecule has 1 spiro atoms. The van der Waals surface area contributed by atoms with Crippen molar-refractivity contribution >= 4 is 11.9 Å². The molecular formula is C15H19NO5. The molecule has 0 radical (unpaired) electrons. The first-order valence-electron chi connectivity index (χ1n) is 7.50. The summed E-state index contributed by atoms with van der Waals surface area (Å²) in [6.45, 7) is 1.87. The third-order valence-electron chi connectivity index (χ3n) is 5.10. The van der Waals surface area contributed by atoms with Crippen molar-refractivity contribution in [1.29, 1.82) is 0 Å². The normalized spacial score (nSPS) is 43.7. The van der Waals surface area contributed by atoms with Gasteiger partial charge in [0.2, 0.25) is 5.91 Å². The Hall–Kier alpha value is -1.40. The number of carbonyl (C=O) groups excluding carboxylic acids is 2. The maximum Gasteiger partial charge on any atom is 0.312 e. The fourth-order valence-electron chi connectivity index (χ4n) is 4.17. The Balaban J connectivity index is 1.57. The summed E-state index contributed by atoms with van der Waals surface area (Å²) in [5, 5.41) is 0. The number of likely N-dealkylation sites (tertiary alicyclic amines) is 1. The Morgan fingerprint density at radius 2 is 2.43 bits per heavy atom. The second-order valence-corrected chi connectivity index (χ2v) is 6.28. The van der Waals surface area contributed by atoms with Crippen LogP contribution in [0.1, 0.15) is 12.8 Å². The largest absolute Gasteiger partial charge is 0.469 e. The van der Waals surface area contributed by atoms with Crippen molar-refractivity contribution in [3.05, 3.63) is 12.2 Å². The number of fused-ring (bicyclic) bond motifs is 1. The summed E-state index contributed by atoms with van der Waals surface area (Å²) in [4.78, 5) is 26.5. The van der Waals surface area contributed by atoms with Crippen LogP contribution in [0.25, 0.3) is 0 Å². The quantitative estimate of drug-likeness (QED) is 0.546. The van der Waals surface area contributed by atoms with E-state index in [4.69, 9.17) is 14.2 Å². The minimum absolute atomic E-state index is 0.00671. The van der Waals surface area contributed by atoms with Gasteiger partial charge in [0.1, 0.15) is 11.5 Å². The van der Waals surface area contributed by atoms with E-state index in [0.717, 1.165) is 19.4 Å². The molecule has 114 valence electrons. The highest BCUT2D eigenvalue weighted by atomic mass is 16.5. The zero-order chi connectivity index (χ0) is 14.6. The van der Waals surface area contributed by atoms with Gasteiger partial charge in [-0.1, -0.05) is 12.2 Å². The van der Waals surface area contributed by atoms with Crippen LogP contribution in [0.3, 0.4) is 0 Å². The molecule has 5 atom stereocenters. The Kier molecular flexibility index (Phi) is 2.87. The maximum atomic E-state index is 12.7. The second-order valence-electron chi connectivity index (χ2n) is 6.28. The number of methoxy groups -OCH3 is 1. The number of hydrogen-bond acceptors (Lipinski definition) is 5. The van der Waals surface area contributed by atoms with E-state index < -0.39 is 17.4 Å². The van der Waals surface area contributed by atoms with E-state index in [-0.39, 0.29) is 24.1 Å². The average Bonchev–Trinajstić information content (AvgIpc) is 3.22. The van der Waals surface area contributed by atoms with Gasteiger partial charge in [0.25, 0.3) is 0 Å². The van der Waals surface area contributed by atoms with E-state index in [1.54, 1.807) is 4.90 Å². The van der Waals surface area contributed by atoms with E-state index in [9.17, 15) is 9.59 Å². The lowest BCUT2D eigenvalue weighted by molar-refractivity contribution is -0.151. The van der Waals surface area contributed by atoms with Gasteiger partial charge in [0.15, 0.2) is 0 Å². The summed E-state index contributed by atoms with van der Waals surface area (Å²) in [5.41, 5.74) is -0.640. The van der Waals surface area contributed by atoms with Crippen molar-refractivity contribution in [2.24, 2.45) is 11.8 Å². The molecule has 0 aromatic heterocycles. The van der Waals surface area contributed by atoms with Gasteiger partial charge in [-0.05, 0) is 12.8 Å². The molecule has 0 aromatic rings. The Labute approximate surface area is 123 Å². The molecule has 0 unspecified atom stereocenters. The van der Waals surface area contributed by atoms with E-state index >= 15 is 0 Å². The molecule has 4 aliphatic rings. The van der Waals surface area contributed by atoms with Crippen LogP contribution in [0, 0.1) is 11.8 Å². The van der Waals surface area contributed by atoms with Crippen LogP contribution in [0.4, 0.5) is 0 Å². The lowest BCUT2D eigenvalue weighted by Crippen LogP contribution is -2.40. The first-order valence-corrected chi connectivity index (χ1v) is 7.50. The maximum absolute atomic E-state index is 12.7. The van der Waals surface area contributed by atoms with Gasteiger partial charge in [0, 0.05) is 13.2 Å². The molecule has 3 saturated heterocycles. The Morgan fingerprint density at radius 3 is 3.14 bits per heavy atom. The number of esters is 1. The van der Waals surface area contributed by atoms with E-state index in [1.807, 2.05) is 12.2 Å². The van der Waals surface area contributed by atoms with Crippen molar-refractivity contribution < 1.29 is 23.8 Å². The Morgan fingerprint density at radius 1 is 1.57 bits per heavy atom. The van der Waals surface area contributed by atoms with Crippen LogP contribution in [0.5, 0.6) is 0 Å². The molecule has 1 amide bonds. The highest BCUT2D eigenvalue weighted by Gasteiger charge is 2.67. The van der Waals surface area contributed by atoms with Gasteiger partial charge in [0.05, 0.1) is 31.8 Å². The first kappa shape index (κ1) is 13.3. The van der Waals surface area contributed by atoms with Crippen LogP contribution >= 0.6 is 0 Å². The van der Waals surface area contributed by atoms with Crippen LogP contribution in [-0.2, 0) is 23.8 Å². The lowest BCUT2D eigenvalue weighted by Gasteiger charge is -2.23. The third-order valence-corrected chi connectivity index (χ3v) is 5.10. The van der Waals surface area contributed by atoms with Crippen LogP contribution in [0.15, 0.2) is 12.2 Å². The van der Waals surface area contributed by atoms with E-state index in [2.05, 4.69) is 0 Å². The molecule has 4 aliphatic heterocycles. The van der Waals surface area contributed by atoms with Gasteiger partial charge in [-0.2, -0.15) is 0 Å². The molecule has 4 rings (SSSR count). The predicted octanol–water partition coefficient (Wildman–Crippen LogP) is 0.120. The molecular weight excluding hydrogens is 274 g/mol. The smallest absolute Gasteiger partial charge is 0.312 e. The highest BCUT2D eigenvalue weighted by Crippen LogP contribution is 2.52. The molecule has 6 nitrogen and oxygen atoms in total. The molecule has 0 saturated carbocycles. The predicted molar refractivity (Wildman–Crippen MR) is 71.3 cm³/mol. The third kappa shape index (κ3) is 1.78. The van der Waals surface area contributed by atoms with Crippen molar-refractivity contribution in [1.82, 2.24) is 4.90 Å². The highest BCUT2D eigenvalue weighted by molar-refractivity contribution is 5.91. The van der Waals surface area contributed by atoms with Crippen LogP contribution < -0.4 is 0 Å². The van der Waals surface area contributed by atoms with Crippen molar-refractivity contribution in [3.8, 4) is 0 Å². The molecule has 3 fully saturated rings. The molecule has 2 bridgehead atoms. The zero-order valence-corrected chi connectivity index (χ0v) is 12.0. The summed E-state index contributed by atoms with van der Waals surface area (Å²) >= 11 is 0. The Bertz CT molecular complexity index is 512. The minimum Gasteiger partial charge on any atom is -0.469 e. The monoisotopic (exact) mass is 293 g/mol. The summed E-state index contributed by atoms with van der Waals surface area (Å²) in [5.74, 6) is -1.32. The van der Waals surface area contributed by atoms with Crippen molar-refractivity contribution in [2.75, 3.05) is 26.8 Å². The van der Waals surface area contributed by atoms with Gasteiger partial charge in [-0.15, -0.1) is 0 Å². The van der Waals surface area contributed by atoms with Gasteiger partial charge in [-0.3, -0.25) is 9.59 Å². The first-order chi connectivity index (χ1) is 10.1. The standard InChI is InChI=1S/C15H19NO5/c1-19-14(18)11-10-4-5-15(21-10)8-16(13(17)12(11)15)7-9-3-2-6-20-9/h4-5,9-12H,2-3,6-8H2,1H3/t9-,10+,11-,12-,15+/m0/s1. The topological polar surface area (TPSA) is 65.1 Å². The molecule has 21 heavy (non-hydrogen) atoms. The van der Waals surface area contributed by atoms with Crippen molar-refractivity contribution in [2.45, 2.75) is 30.7 Å². The summed E-state index contributed by atoms with van der Waals surface area (Å²) in [6.07, 6.45) is 5.67. The SMILES string of the molecule is COC(=O)[C@@H]1[C@H]2C(=O)N(C[C@@H]3CCCO3)C[C@]23C=C[C@H]1O3. The average molecular weight is 293 g/mol. The lowest BCUT2D eigenvalue weighted by atomic mass is 9.77.